The molecule has 0 saturated heterocycles. The Hall–Kier alpha value is -0.903. The molecule has 0 fully saturated rings. The fraction of sp³-hybridized carbons (Fsp3) is 0.500. The lowest BCUT2D eigenvalue weighted by Gasteiger charge is -2.11. The summed E-state index contributed by atoms with van der Waals surface area (Å²) < 4.78 is 20.9. The van der Waals surface area contributed by atoms with Gasteiger partial charge in [-0.25, -0.2) is 0 Å². The van der Waals surface area contributed by atoms with Crippen LogP contribution in [0.15, 0.2) is 25.3 Å². The fourth-order valence-electron chi connectivity index (χ4n) is 0.428. The van der Waals surface area contributed by atoms with Crippen molar-refractivity contribution in [2.45, 2.75) is 26.1 Å². The number of hydrogen-bond acceptors (Lipinski definition) is 3. The first-order valence-electron chi connectivity index (χ1n) is 3.72. The fourth-order valence-corrected chi connectivity index (χ4v) is 1.28. The summed E-state index contributed by atoms with van der Waals surface area (Å²) in [7, 11) is -2.40. The molecular weight excluding hydrogens is 172 g/mol. The van der Waals surface area contributed by atoms with Crippen LogP contribution in [0.5, 0.6) is 0 Å². The monoisotopic (exact) mass is 186 g/mol. The van der Waals surface area contributed by atoms with Crippen LogP contribution in [0.4, 0.5) is 0 Å². The predicted octanol–water partition coefficient (Wildman–Crippen LogP) is 1.58. The van der Waals surface area contributed by atoms with E-state index in [4.69, 9.17) is 8.85 Å². The van der Waals surface area contributed by atoms with Gasteiger partial charge in [0.2, 0.25) is 0 Å². The lowest BCUT2D eigenvalue weighted by Crippen LogP contribution is -2.21. The van der Waals surface area contributed by atoms with Gasteiger partial charge in [0.05, 0.1) is 0 Å². The van der Waals surface area contributed by atoms with Crippen LogP contribution in [-0.4, -0.2) is 21.4 Å². The zero-order chi connectivity index (χ0) is 9.56. The molecule has 0 bridgehead atoms. The van der Waals surface area contributed by atoms with Crippen molar-refractivity contribution in [1.82, 2.24) is 0 Å². The molecule has 0 amide bonds. The lowest BCUT2D eigenvalue weighted by molar-refractivity contribution is 0.130. The van der Waals surface area contributed by atoms with E-state index in [1.165, 1.54) is 0 Å². The van der Waals surface area contributed by atoms with Crippen molar-refractivity contribution in [1.29, 1.82) is 0 Å². The van der Waals surface area contributed by atoms with Crippen molar-refractivity contribution in [2.75, 3.05) is 0 Å². The largest absolute Gasteiger partial charge is 0.768 e. The van der Waals surface area contributed by atoms with Crippen LogP contribution in [0.2, 0.25) is 0 Å². The molecule has 0 aromatic heterocycles. The van der Waals surface area contributed by atoms with Gasteiger partial charge in [-0.1, -0.05) is 25.3 Å². The molecule has 0 aliphatic carbocycles. The third-order valence-electron chi connectivity index (χ3n) is 1.23. The van der Waals surface area contributed by atoms with Crippen LogP contribution < -0.4 is 0 Å². The Balaban J connectivity index is 3.73. The van der Waals surface area contributed by atoms with Crippen LogP contribution in [0, 0.1) is 0 Å². The Labute approximate surface area is 74.6 Å². The summed E-state index contributed by atoms with van der Waals surface area (Å²) in [6, 6.07) is 0. The van der Waals surface area contributed by atoms with Gasteiger partial charge in [-0.05, 0) is 13.8 Å². The smallest absolute Gasteiger partial charge is 0.490 e. The average Bonchev–Trinajstić information content (AvgIpc) is 2.03. The zero-order valence-corrected chi connectivity index (χ0v) is 8.45. The first-order chi connectivity index (χ1) is 5.60. The van der Waals surface area contributed by atoms with Crippen molar-refractivity contribution in [3.8, 4) is 0 Å². The second kappa shape index (κ2) is 5.71. The molecule has 0 aromatic carbocycles. The van der Waals surface area contributed by atoms with E-state index < -0.39 is 9.17 Å². The van der Waals surface area contributed by atoms with Crippen LogP contribution >= 0.6 is 0 Å². The topological polar surface area (TPSA) is 35.5 Å². The number of rotatable bonds is 6. The Morgan fingerprint density at radius 1 is 1.17 bits per heavy atom. The van der Waals surface area contributed by atoms with Crippen LogP contribution in [0.3, 0.4) is 0 Å². The van der Waals surface area contributed by atoms with Crippen LogP contribution in [-0.2, 0) is 13.3 Å². The highest BCUT2D eigenvalue weighted by atomic mass is 28.3. The summed E-state index contributed by atoms with van der Waals surface area (Å²) in [6.45, 7) is 10.5. The van der Waals surface area contributed by atoms with Crippen molar-refractivity contribution >= 4 is 9.17 Å². The minimum Gasteiger partial charge on any atom is -0.490 e. The summed E-state index contributed by atoms with van der Waals surface area (Å²) in [5, 5.41) is 0. The summed E-state index contributed by atoms with van der Waals surface area (Å²) in [6.07, 6.45) is 2.64. The zero-order valence-electron chi connectivity index (χ0n) is 7.45. The quantitative estimate of drug-likeness (QED) is 0.467. The van der Waals surface area contributed by atoms with Crippen molar-refractivity contribution in [2.24, 2.45) is 0 Å². The van der Waals surface area contributed by atoms with E-state index in [9.17, 15) is 4.46 Å². The van der Waals surface area contributed by atoms with E-state index in [1.807, 2.05) is 0 Å². The van der Waals surface area contributed by atoms with Crippen molar-refractivity contribution in [3.63, 3.8) is 0 Å². The van der Waals surface area contributed by atoms with E-state index in [0.29, 0.717) is 0 Å². The first kappa shape index (κ1) is 11.1. The molecule has 0 aliphatic rings. The van der Waals surface area contributed by atoms with E-state index in [1.54, 1.807) is 26.0 Å². The Morgan fingerprint density at radius 3 is 1.75 bits per heavy atom. The molecule has 0 heterocycles. The van der Waals surface area contributed by atoms with E-state index in [-0.39, 0.29) is 12.2 Å². The van der Waals surface area contributed by atoms with Gasteiger partial charge in [0.1, 0.15) is 12.2 Å². The van der Waals surface area contributed by atoms with Gasteiger partial charge in [-0.15, -0.1) is 0 Å². The molecule has 0 spiro atoms. The second-order valence-electron chi connectivity index (χ2n) is 2.37. The van der Waals surface area contributed by atoms with E-state index in [2.05, 4.69) is 13.2 Å². The van der Waals surface area contributed by atoms with Gasteiger partial charge < -0.3 is 8.85 Å². The van der Waals surface area contributed by atoms with E-state index >= 15 is 0 Å². The van der Waals surface area contributed by atoms with E-state index in [0.717, 1.165) is 0 Å². The molecule has 4 heteroatoms. The molecule has 0 aromatic rings. The lowest BCUT2D eigenvalue weighted by atomic mass is 10.4. The van der Waals surface area contributed by atoms with Gasteiger partial charge in [-0.2, -0.15) is 0 Å². The maximum atomic E-state index is 11.0. The third kappa shape index (κ3) is 4.84. The molecule has 0 aliphatic heterocycles. The Bertz CT molecular complexity index is 161. The standard InChI is InChI=1S/C8H14O3Si/c1-5-7(3)10-12(9)11-8(4)6-2/h5-8H,1-2H2,3-4H3. The molecule has 0 radical (unpaired) electrons. The predicted molar refractivity (Wildman–Crippen MR) is 47.9 cm³/mol. The molecule has 3 nitrogen and oxygen atoms in total. The number of hydrogen-bond donors (Lipinski definition) is 0. The maximum absolute atomic E-state index is 11.0. The van der Waals surface area contributed by atoms with Gasteiger partial charge in [0.25, 0.3) is 0 Å². The van der Waals surface area contributed by atoms with Crippen LogP contribution in [0.25, 0.3) is 0 Å². The average molecular weight is 186 g/mol. The van der Waals surface area contributed by atoms with Crippen molar-refractivity contribution in [3.05, 3.63) is 25.3 Å². The molecule has 2 unspecified atom stereocenters. The SMILES string of the molecule is C=CC(C)O[Si](=O)OC(C)C=C. The van der Waals surface area contributed by atoms with Gasteiger partial charge in [0, 0.05) is 0 Å². The van der Waals surface area contributed by atoms with Gasteiger partial charge >= 0.3 is 9.17 Å². The third-order valence-corrected chi connectivity index (χ3v) is 2.36. The normalized spacial score (nSPS) is 14.2. The highest BCUT2D eigenvalue weighted by molar-refractivity contribution is 6.26. The maximum Gasteiger partial charge on any atom is 0.768 e. The van der Waals surface area contributed by atoms with Gasteiger partial charge in [0.15, 0.2) is 0 Å². The van der Waals surface area contributed by atoms with Gasteiger partial charge in [-0.3, -0.25) is 4.46 Å². The second-order valence-corrected chi connectivity index (χ2v) is 3.34. The minimum atomic E-state index is -2.40. The summed E-state index contributed by atoms with van der Waals surface area (Å²) >= 11 is 0. The highest BCUT2D eigenvalue weighted by Crippen LogP contribution is 1.96. The molecule has 0 rings (SSSR count). The molecular formula is C8H14O3Si. The summed E-state index contributed by atoms with van der Waals surface area (Å²) in [4.78, 5) is 0. The summed E-state index contributed by atoms with van der Waals surface area (Å²) in [5.74, 6) is 0. The molecule has 12 heavy (non-hydrogen) atoms. The Kier molecular flexibility index (Phi) is 5.28. The Morgan fingerprint density at radius 2 is 1.50 bits per heavy atom. The molecule has 68 valence electrons. The molecule has 2 atom stereocenters. The molecule has 0 N–H and O–H groups in total. The minimum absolute atomic E-state index is 0.242. The van der Waals surface area contributed by atoms with Crippen LogP contribution in [0.1, 0.15) is 13.8 Å². The highest BCUT2D eigenvalue weighted by Gasteiger charge is 2.15. The van der Waals surface area contributed by atoms with Crippen molar-refractivity contribution < 1.29 is 13.3 Å². The first-order valence-corrected chi connectivity index (χ1v) is 4.95. The molecule has 0 saturated carbocycles. The summed E-state index contributed by atoms with van der Waals surface area (Å²) in [5.41, 5.74) is 0.